The Hall–Kier alpha value is -1.64. The number of carbonyl (C=O) groups excluding carboxylic acids is 2. The first-order chi connectivity index (χ1) is 8.22. The highest BCUT2D eigenvalue weighted by molar-refractivity contribution is 5.92. The SMILES string of the molecule is CCOC(=O)c1ccccc1[C@H]1CCC(=O)C1. The molecule has 2 rings (SSSR count). The molecule has 1 aliphatic rings. The van der Waals surface area contributed by atoms with Crippen LogP contribution < -0.4 is 0 Å². The summed E-state index contributed by atoms with van der Waals surface area (Å²) in [4.78, 5) is 23.1. The largest absolute Gasteiger partial charge is 0.462 e. The maximum absolute atomic E-state index is 11.8. The highest BCUT2D eigenvalue weighted by Crippen LogP contribution is 2.34. The lowest BCUT2D eigenvalue weighted by Gasteiger charge is -2.13. The fraction of sp³-hybridized carbons (Fsp3) is 0.429. The molecule has 17 heavy (non-hydrogen) atoms. The summed E-state index contributed by atoms with van der Waals surface area (Å²) in [6, 6.07) is 7.43. The van der Waals surface area contributed by atoms with E-state index in [0.717, 1.165) is 12.0 Å². The van der Waals surface area contributed by atoms with Gasteiger partial charge < -0.3 is 4.74 Å². The van der Waals surface area contributed by atoms with E-state index in [0.29, 0.717) is 25.0 Å². The normalized spacial score (nSPS) is 19.4. The molecule has 1 aromatic carbocycles. The maximum Gasteiger partial charge on any atom is 0.338 e. The van der Waals surface area contributed by atoms with Crippen molar-refractivity contribution in [1.82, 2.24) is 0 Å². The van der Waals surface area contributed by atoms with Crippen LogP contribution in [0.2, 0.25) is 0 Å². The van der Waals surface area contributed by atoms with E-state index < -0.39 is 0 Å². The predicted molar refractivity (Wildman–Crippen MR) is 64.0 cm³/mol. The van der Waals surface area contributed by atoms with Crippen LogP contribution >= 0.6 is 0 Å². The van der Waals surface area contributed by atoms with Crippen molar-refractivity contribution in [2.24, 2.45) is 0 Å². The summed E-state index contributed by atoms with van der Waals surface area (Å²) in [7, 11) is 0. The standard InChI is InChI=1S/C14H16O3/c1-2-17-14(16)13-6-4-3-5-12(13)10-7-8-11(15)9-10/h3-6,10H,2,7-9H2,1H3/t10-/m0/s1. The van der Waals surface area contributed by atoms with Gasteiger partial charge in [-0.2, -0.15) is 0 Å². The topological polar surface area (TPSA) is 43.4 Å². The van der Waals surface area contributed by atoms with E-state index in [4.69, 9.17) is 4.74 Å². The van der Waals surface area contributed by atoms with Crippen LogP contribution in [0.25, 0.3) is 0 Å². The van der Waals surface area contributed by atoms with Crippen molar-refractivity contribution in [2.75, 3.05) is 6.61 Å². The number of rotatable bonds is 3. The van der Waals surface area contributed by atoms with Gasteiger partial charge in [-0.3, -0.25) is 4.79 Å². The van der Waals surface area contributed by atoms with Crippen molar-refractivity contribution < 1.29 is 14.3 Å². The highest BCUT2D eigenvalue weighted by atomic mass is 16.5. The summed E-state index contributed by atoms with van der Waals surface area (Å²) in [5.41, 5.74) is 1.56. The summed E-state index contributed by atoms with van der Waals surface area (Å²) in [6.07, 6.45) is 2.02. The minimum Gasteiger partial charge on any atom is -0.462 e. The Balaban J connectivity index is 2.27. The monoisotopic (exact) mass is 232 g/mol. The van der Waals surface area contributed by atoms with Gasteiger partial charge in [-0.15, -0.1) is 0 Å². The van der Waals surface area contributed by atoms with Gasteiger partial charge in [0, 0.05) is 12.8 Å². The second kappa shape index (κ2) is 5.13. The van der Waals surface area contributed by atoms with Crippen molar-refractivity contribution in [3.63, 3.8) is 0 Å². The second-order valence-corrected chi connectivity index (χ2v) is 4.29. The van der Waals surface area contributed by atoms with E-state index >= 15 is 0 Å². The van der Waals surface area contributed by atoms with Crippen LogP contribution in [-0.2, 0) is 9.53 Å². The lowest BCUT2D eigenvalue weighted by Crippen LogP contribution is -2.10. The number of hydrogen-bond donors (Lipinski definition) is 0. The Bertz CT molecular complexity index is 437. The smallest absolute Gasteiger partial charge is 0.338 e. The maximum atomic E-state index is 11.8. The number of benzene rings is 1. The fourth-order valence-electron chi connectivity index (χ4n) is 2.33. The molecule has 3 heteroatoms. The van der Waals surface area contributed by atoms with E-state index in [1.54, 1.807) is 13.0 Å². The van der Waals surface area contributed by atoms with Crippen LogP contribution in [0.3, 0.4) is 0 Å². The Morgan fingerprint density at radius 1 is 1.41 bits per heavy atom. The molecule has 3 nitrogen and oxygen atoms in total. The zero-order valence-corrected chi connectivity index (χ0v) is 9.94. The Morgan fingerprint density at radius 2 is 2.18 bits per heavy atom. The second-order valence-electron chi connectivity index (χ2n) is 4.29. The molecule has 1 atom stereocenters. The van der Waals surface area contributed by atoms with Crippen molar-refractivity contribution >= 4 is 11.8 Å². The Morgan fingerprint density at radius 3 is 2.82 bits per heavy atom. The van der Waals surface area contributed by atoms with Crippen molar-refractivity contribution in [3.8, 4) is 0 Å². The molecule has 0 N–H and O–H groups in total. The van der Waals surface area contributed by atoms with Crippen molar-refractivity contribution in [1.29, 1.82) is 0 Å². The fourth-order valence-corrected chi connectivity index (χ4v) is 2.33. The van der Waals surface area contributed by atoms with Crippen LogP contribution in [0, 0.1) is 0 Å². The summed E-state index contributed by atoms with van der Waals surface area (Å²) < 4.78 is 5.03. The average molecular weight is 232 g/mol. The van der Waals surface area contributed by atoms with Gasteiger partial charge in [0.05, 0.1) is 12.2 Å². The van der Waals surface area contributed by atoms with Crippen LogP contribution in [0.4, 0.5) is 0 Å². The molecule has 90 valence electrons. The first kappa shape index (κ1) is 11.8. The lowest BCUT2D eigenvalue weighted by atomic mass is 9.93. The Labute approximate surface area is 101 Å². The number of Topliss-reactive ketones (excluding diaryl/α,β-unsaturated/α-hetero) is 1. The third kappa shape index (κ3) is 2.54. The van der Waals surface area contributed by atoms with E-state index in [1.165, 1.54) is 0 Å². The summed E-state index contributed by atoms with van der Waals surface area (Å²) in [5, 5.41) is 0. The van der Waals surface area contributed by atoms with Gasteiger partial charge in [-0.05, 0) is 30.9 Å². The predicted octanol–water partition coefficient (Wildman–Crippen LogP) is 2.70. The van der Waals surface area contributed by atoms with Gasteiger partial charge in [0.15, 0.2) is 0 Å². The summed E-state index contributed by atoms with van der Waals surface area (Å²) >= 11 is 0. The molecule has 0 saturated heterocycles. The minimum absolute atomic E-state index is 0.183. The third-order valence-electron chi connectivity index (χ3n) is 3.14. The van der Waals surface area contributed by atoms with E-state index in [9.17, 15) is 9.59 Å². The van der Waals surface area contributed by atoms with Crippen LogP contribution in [0.1, 0.15) is 48.0 Å². The number of ether oxygens (including phenoxy) is 1. The van der Waals surface area contributed by atoms with Gasteiger partial charge in [0.25, 0.3) is 0 Å². The molecule has 0 unspecified atom stereocenters. The molecule has 1 aromatic rings. The number of esters is 1. The molecule has 0 amide bonds. The zero-order chi connectivity index (χ0) is 12.3. The number of ketones is 1. The van der Waals surface area contributed by atoms with Gasteiger partial charge >= 0.3 is 5.97 Å². The molecule has 1 aliphatic carbocycles. The summed E-state index contributed by atoms with van der Waals surface area (Å²) in [6.45, 7) is 2.16. The lowest BCUT2D eigenvalue weighted by molar-refractivity contribution is -0.117. The first-order valence-electron chi connectivity index (χ1n) is 6.00. The molecule has 0 heterocycles. The van der Waals surface area contributed by atoms with Gasteiger partial charge in [-0.1, -0.05) is 18.2 Å². The molecule has 0 bridgehead atoms. The van der Waals surface area contributed by atoms with Crippen LogP contribution in [-0.4, -0.2) is 18.4 Å². The van der Waals surface area contributed by atoms with Crippen molar-refractivity contribution in [3.05, 3.63) is 35.4 Å². The zero-order valence-electron chi connectivity index (χ0n) is 9.94. The average Bonchev–Trinajstić information content (AvgIpc) is 2.76. The van der Waals surface area contributed by atoms with E-state index in [2.05, 4.69) is 0 Å². The minimum atomic E-state index is -0.289. The van der Waals surface area contributed by atoms with E-state index in [-0.39, 0.29) is 17.7 Å². The molecule has 0 radical (unpaired) electrons. The first-order valence-corrected chi connectivity index (χ1v) is 6.00. The third-order valence-corrected chi connectivity index (χ3v) is 3.14. The van der Waals surface area contributed by atoms with Gasteiger partial charge in [-0.25, -0.2) is 4.79 Å². The van der Waals surface area contributed by atoms with Crippen LogP contribution in [0.5, 0.6) is 0 Å². The molecule has 1 fully saturated rings. The molecular formula is C14H16O3. The van der Waals surface area contributed by atoms with Crippen LogP contribution in [0.15, 0.2) is 24.3 Å². The van der Waals surface area contributed by atoms with Crippen molar-refractivity contribution in [2.45, 2.75) is 32.1 Å². The molecule has 1 saturated carbocycles. The quantitative estimate of drug-likeness (QED) is 0.752. The highest BCUT2D eigenvalue weighted by Gasteiger charge is 2.27. The van der Waals surface area contributed by atoms with Gasteiger partial charge in [0.2, 0.25) is 0 Å². The van der Waals surface area contributed by atoms with E-state index in [1.807, 2.05) is 18.2 Å². The molecular weight excluding hydrogens is 216 g/mol. The Kier molecular flexibility index (Phi) is 3.57. The molecule has 0 aliphatic heterocycles. The number of carbonyl (C=O) groups is 2. The van der Waals surface area contributed by atoms with Gasteiger partial charge in [0.1, 0.15) is 5.78 Å². The molecule has 0 aromatic heterocycles. The number of hydrogen-bond acceptors (Lipinski definition) is 3. The summed E-state index contributed by atoms with van der Waals surface area (Å²) in [5.74, 6) is 0.180. The molecule has 0 spiro atoms.